The molecule has 0 saturated heterocycles. The number of hydrogen-bond donors (Lipinski definition) is 0. The van der Waals surface area contributed by atoms with Crippen molar-refractivity contribution in [3.63, 3.8) is 0 Å². The Morgan fingerprint density at radius 1 is 1.41 bits per heavy atom. The number of aromatic nitrogens is 1. The summed E-state index contributed by atoms with van der Waals surface area (Å²) in [4.78, 5) is 8.53. The predicted octanol–water partition coefficient (Wildman–Crippen LogP) is 5.03. The minimum Gasteiger partial charge on any atom is -0.259 e. The molecule has 1 unspecified atom stereocenters. The van der Waals surface area contributed by atoms with Crippen molar-refractivity contribution in [2.45, 2.75) is 62.4 Å². The molecule has 0 spiro atoms. The van der Waals surface area contributed by atoms with E-state index in [0.29, 0.717) is 17.2 Å². The molecule has 1 heterocycles. The van der Waals surface area contributed by atoms with Gasteiger partial charge in [0, 0.05) is 12.4 Å². The largest absolute Gasteiger partial charge is 0.405 e. The molecule has 1 aliphatic carbocycles. The molecular formula is C18H22ClF3N2O2S. The molecule has 0 bridgehead atoms. The molecular weight excluding hydrogens is 401 g/mol. The van der Waals surface area contributed by atoms with Crippen LogP contribution in [-0.2, 0) is 9.84 Å². The maximum atomic E-state index is 12.5. The van der Waals surface area contributed by atoms with Gasteiger partial charge >= 0.3 is 6.18 Å². The van der Waals surface area contributed by atoms with E-state index in [2.05, 4.69) is 9.98 Å². The first-order chi connectivity index (χ1) is 12.5. The number of nitrogens with zero attached hydrogens (tertiary/aromatic N) is 2. The average molecular weight is 423 g/mol. The van der Waals surface area contributed by atoms with Crippen LogP contribution in [0.5, 0.6) is 0 Å². The lowest BCUT2D eigenvalue weighted by Crippen LogP contribution is -2.23. The summed E-state index contributed by atoms with van der Waals surface area (Å²) in [6.07, 6.45) is 0.0693. The third kappa shape index (κ3) is 5.78. The lowest BCUT2D eigenvalue weighted by atomic mass is 10.1. The van der Waals surface area contributed by atoms with Gasteiger partial charge in [0.25, 0.3) is 0 Å². The molecule has 150 valence electrons. The van der Waals surface area contributed by atoms with Gasteiger partial charge in [0.2, 0.25) is 0 Å². The predicted molar refractivity (Wildman–Crippen MR) is 100 cm³/mol. The minimum absolute atomic E-state index is 0.0720. The lowest BCUT2D eigenvalue weighted by molar-refractivity contribution is -0.130. The van der Waals surface area contributed by atoms with E-state index >= 15 is 0 Å². The third-order valence-electron chi connectivity index (χ3n) is 4.32. The molecule has 4 nitrogen and oxygen atoms in total. The molecule has 0 radical (unpaired) electrons. The third-order valence-corrected chi connectivity index (χ3v) is 6.46. The molecule has 1 aromatic heterocycles. The molecule has 0 amide bonds. The van der Waals surface area contributed by atoms with Gasteiger partial charge in [-0.2, -0.15) is 13.2 Å². The fourth-order valence-electron chi connectivity index (χ4n) is 2.48. The summed E-state index contributed by atoms with van der Waals surface area (Å²) in [5, 5.41) is -1.99. The highest BCUT2D eigenvalue weighted by molar-refractivity contribution is 7.91. The standard InChI is InChI=1S/C18H22ClF3N2O2S/c1-4-27(25,26)15-8-14(13-5-6-13)10-24-17(15)12(3)23-9-11(2)7-16(19)18(20,21)22/h8-10,13,16H,4-7H2,1-3H3/b11-9+,23-12?. The van der Waals surface area contributed by atoms with E-state index in [1.165, 1.54) is 13.1 Å². The molecule has 9 heteroatoms. The number of rotatable bonds is 7. The van der Waals surface area contributed by atoms with Crippen LogP contribution in [0.2, 0.25) is 0 Å². The summed E-state index contributed by atoms with van der Waals surface area (Å²) in [5.74, 6) is 0.275. The van der Waals surface area contributed by atoms with E-state index < -0.39 is 27.8 Å². The number of pyridine rings is 1. The number of aliphatic imine (C=N–C) groups is 1. The first kappa shape index (κ1) is 21.9. The maximum absolute atomic E-state index is 12.5. The van der Waals surface area contributed by atoms with E-state index in [1.54, 1.807) is 26.1 Å². The van der Waals surface area contributed by atoms with Crippen LogP contribution in [-0.4, -0.2) is 36.4 Å². The normalized spacial score (nSPS) is 17.9. The van der Waals surface area contributed by atoms with Crippen LogP contribution in [0.1, 0.15) is 57.2 Å². The van der Waals surface area contributed by atoms with Crippen LogP contribution in [0.3, 0.4) is 0 Å². The minimum atomic E-state index is -4.49. The van der Waals surface area contributed by atoms with Gasteiger partial charge in [-0.1, -0.05) is 12.5 Å². The van der Waals surface area contributed by atoms with Crippen LogP contribution in [0, 0.1) is 0 Å². The van der Waals surface area contributed by atoms with Gasteiger partial charge in [-0.05, 0) is 50.7 Å². The smallest absolute Gasteiger partial charge is 0.259 e. The Hall–Kier alpha value is -1.41. The summed E-state index contributed by atoms with van der Waals surface area (Å²) in [7, 11) is -3.51. The molecule has 1 atom stereocenters. The quantitative estimate of drug-likeness (QED) is 0.457. The molecule has 27 heavy (non-hydrogen) atoms. The zero-order valence-corrected chi connectivity index (χ0v) is 16.9. The Kier molecular flexibility index (Phi) is 6.73. The first-order valence-electron chi connectivity index (χ1n) is 8.59. The van der Waals surface area contributed by atoms with Crippen molar-refractivity contribution in [3.05, 3.63) is 35.3 Å². The SMILES string of the molecule is CCS(=O)(=O)c1cc(C2CC2)cnc1C(C)=N/C=C(\C)CC(Cl)C(F)(F)F. The highest BCUT2D eigenvalue weighted by Crippen LogP contribution is 2.40. The van der Waals surface area contributed by atoms with Crippen LogP contribution < -0.4 is 0 Å². The highest BCUT2D eigenvalue weighted by Gasteiger charge is 2.37. The van der Waals surface area contributed by atoms with Crippen molar-refractivity contribution < 1.29 is 21.6 Å². The zero-order chi connectivity index (χ0) is 20.4. The number of allylic oxidation sites excluding steroid dienone is 1. The molecule has 1 aromatic rings. The topological polar surface area (TPSA) is 59.4 Å². The number of hydrogen-bond acceptors (Lipinski definition) is 4. The van der Waals surface area contributed by atoms with Crippen molar-refractivity contribution >= 4 is 27.1 Å². The summed E-state index contributed by atoms with van der Waals surface area (Å²) in [6, 6.07) is 1.65. The van der Waals surface area contributed by atoms with Gasteiger partial charge in [0.15, 0.2) is 9.84 Å². The second-order valence-corrected chi connectivity index (χ2v) is 9.47. The van der Waals surface area contributed by atoms with E-state index in [4.69, 9.17) is 11.6 Å². The van der Waals surface area contributed by atoms with E-state index in [-0.39, 0.29) is 16.3 Å². The molecule has 0 aliphatic heterocycles. The van der Waals surface area contributed by atoms with Gasteiger partial charge in [0.05, 0.1) is 16.4 Å². The molecule has 0 aromatic carbocycles. The second kappa shape index (κ2) is 8.31. The van der Waals surface area contributed by atoms with Crippen LogP contribution in [0.25, 0.3) is 0 Å². The molecule has 2 rings (SSSR count). The van der Waals surface area contributed by atoms with Crippen molar-refractivity contribution in [1.29, 1.82) is 0 Å². The maximum Gasteiger partial charge on any atom is 0.405 e. The van der Waals surface area contributed by atoms with Gasteiger partial charge < -0.3 is 0 Å². The second-order valence-electron chi connectivity index (χ2n) is 6.70. The average Bonchev–Trinajstić information content (AvgIpc) is 3.43. The van der Waals surface area contributed by atoms with Crippen LogP contribution in [0.4, 0.5) is 13.2 Å². The van der Waals surface area contributed by atoms with E-state index in [0.717, 1.165) is 18.4 Å². The van der Waals surface area contributed by atoms with Crippen molar-refractivity contribution in [2.24, 2.45) is 4.99 Å². The molecule has 0 N–H and O–H groups in total. The Morgan fingerprint density at radius 2 is 2.04 bits per heavy atom. The Balaban J connectivity index is 2.33. The molecule has 1 saturated carbocycles. The van der Waals surface area contributed by atoms with Gasteiger partial charge in [0.1, 0.15) is 11.1 Å². The highest BCUT2D eigenvalue weighted by atomic mass is 35.5. The van der Waals surface area contributed by atoms with Crippen molar-refractivity contribution in [3.8, 4) is 0 Å². The van der Waals surface area contributed by atoms with Crippen LogP contribution in [0.15, 0.2) is 33.9 Å². The summed E-state index contributed by atoms with van der Waals surface area (Å²) < 4.78 is 62.5. The van der Waals surface area contributed by atoms with Crippen molar-refractivity contribution in [2.75, 3.05) is 5.75 Å². The summed E-state index contributed by atoms with van der Waals surface area (Å²) >= 11 is 5.33. The number of alkyl halides is 4. The molecule has 1 fully saturated rings. The van der Waals surface area contributed by atoms with Crippen LogP contribution >= 0.6 is 11.6 Å². The fourth-order valence-corrected chi connectivity index (χ4v) is 3.85. The Morgan fingerprint density at radius 3 is 2.56 bits per heavy atom. The van der Waals surface area contributed by atoms with Gasteiger partial charge in [-0.25, -0.2) is 8.42 Å². The van der Waals surface area contributed by atoms with Crippen molar-refractivity contribution in [1.82, 2.24) is 4.98 Å². The summed E-state index contributed by atoms with van der Waals surface area (Å²) in [5.41, 5.74) is 1.77. The Labute approximate surface area is 162 Å². The monoisotopic (exact) mass is 422 g/mol. The lowest BCUT2D eigenvalue weighted by Gasteiger charge is -2.13. The van der Waals surface area contributed by atoms with E-state index in [9.17, 15) is 21.6 Å². The fraction of sp³-hybridized carbons (Fsp3) is 0.556. The molecule has 1 aliphatic rings. The first-order valence-corrected chi connectivity index (χ1v) is 10.7. The van der Waals surface area contributed by atoms with E-state index in [1.807, 2.05) is 0 Å². The zero-order valence-electron chi connectivity index (χ0n) is 15.3. The number of halogens is 4. The number of sulfone groups is 1. The summed E-state index contributed by atoms with van der Waals surface area (Å²) in [6.45, 7) is 4.63. The van der Waals surface area contributed by atoms with Gasteiger partial charge in [-0.15, -0.1) is 11.6 Å². The van der Waals surface area contributed by atoms with Gasteiger partial charge in [-0.3, -0.25) is 9.98 Å². The Bertz CT molecular complexity index is 860.